The Morgan fingerprint density at radius 2 is 2.00 bits per heavy atom. The zero-order valence-corrected chi connectivity index (χ0v) is 11.7. The normalized spacial score (nSPS) is 16.1. The SMILES string of the molecule is NC(=S)CN1CCN(C(=O)c2ccc(O)cc2F)CC1. The van der Waals surface area contributed by atoms with Crippen LogP contribution >= 0.6 is 12.2 Å². The maximum absolute atomic E-state index is 13.7. The van der Waals surface area contributed by atoms with Crippen LogP contribution in [0.2, 0.25) is 0 Å². The van der Waals surface area contributed by atoms with Crippen molar-refractivity contribution in [3.63, 3.8) is 0 Å². The molecule has 0 saturated carbocycles. The average molecular weight is 297 g/mol. The zero-order chi connectivity index (χ0) is 14.7. The lowest BCUT2D eigenvalue weighted by molar-refractivity contribution is 0.0650. The lowest BCUT2D eigenvalue weighted by Crippen LogP contribution is -2.50. The molecule has 1 aromatic carbocycles. The van der Waals surface area contributed by atoms with Gasteiger partial charge in [-0.05, 0) is 12.1 Å². The Morgan fingerprint density at radius 1 is 1.35 bits per heavy atom. The summed E-state index contributed by atoms with van der Waals surface area (Å²) in [5.74, 6) is -1.27. The van der Waals surface area contributed by atoms with Gasteiger partial charge in [-0.1, -0.05) is 12.2 Å². The first-order chi connectivity index (χ1) is 9.47. The summed E-state index contributed by atoms with van der Waals surface area (Å²) in [6.07, 6.45) is 0. The van der Waals surface area contributed by atoms with Crippen molar-refractivity contribution in [3.05, 3.63) is 29.6 Å². The van der Waals surface area contributed by atoms with E-state index in [0.717, 1.165) is 6.07 Å². The number of nitrogens with zero attached hydrogens (tertiary/aromatic N) is 2. The van der Waals surface area contributed by atoms with Crippen molar-refractivity contribution < 1.29 is 14.3 Å². The molecule has 7 heteroatoms. The molecule has 3 N–H and O–H groups in total. The first kappa shape index (κ1) is 14.7. The molecular weight excluding hydrogens is 281 g/mol. The largest absolute Gasteiger partial charge is 0.508 e. The molecule has 0 bridgehead atoms. The maximum Gasteiger partial charge on any atom is 0.256 e. The fourth-order valence-electron chi connectivity index (χ4n) is 2.18. The van der Waals surface area contributed by atoms with Crippen LogP contribution in [0.4, 0.5) is 4.39 Å². The van der Waals surface area contributed by atoms with Crippen LogP contribution in [0.25, 0.3) is 0 Å². The molecule has 0 radical (unpaired) electrons. The Bertz CT molecular complexity index is 530. The highest BCUT2D eigenvalue weighted by Gasteiger charge is 2.24. The van der Waals surface area contributed by atoms with Crippen molar-refractivity contribution in [2.45, 2.75) is 0 Å². The van der Waals surface area contributed by atoms with Crippen LogP contribution in [0, 0.1) is 5.82 Å². The molecule has 1 aliphatic rings. The lowest BCUT2D eigenvalue weighted by atomic mass is 10.1. The molecule has 0 atom stereocenters. The van der Waals surface area contributed by atoms with Crippen molar-refractivity contribution in [1.29, 1.82) is 0 Å². The van der Waals surface area contributed by atoms with Gasteiger partial charge in [-0.25, -0.2) is 4.39 Å². The molecule has 20 heavy (non-hydrogen) atoms. The molecule has 2 rings (SSSR count). The number of nitrogens with two attached hydrogens (primary N) is 1. The van der Waals surface area contributed by atoms with Gasteiger partial charge in [0.2, 0.25) is 0 Å². The molecule has 108 valence electrons. The minimum absolute atomic E-state index is 0.0226. The van der Waals surface area contributed by atoms with Crippen LogP contribution in [0.3, 0.4) is 0 Å². The van der Waals surface area contributed by atoms with E-state index in [2.05, 4.69) is 4.90 Å². The molecule has 5 nitrogen and oxygen atoms in total. The summed E-state index contributed by atoms with van der Waals surface area (Å²) in [4.78, 5) is 16.3. The number of halogens is 1. The molecule has 0 spiro atoms. The Morgan fingerprint density at radius 3 is 2.55 bits per heavy atom. The van der Waals surface area contributed by atoms with Gasteiger partial charge < -0.3 is 15.7 Å². The zero-order valence-electron chi connectivity index (χ0n) is 10.9. The van der Waals surface area contributed by atoms with E-state index in [1.807, 2.05) is 0 Å². The monoisotopic (exact) mass is 297 g/mol. The Kier molecular flexibility index (Phi) is 4.51. The summed E-state index contributed by atoms with van der Waals surface area (Å²) in [6, 6.07) is 3.55. The Hall–Kier alpha value is -1.73. The summed E-state index contributed by atoms with van der Waals surface area (Å²) >= 11 is 4.85. The van der Waals surface area contributed by atoms with Crippen LogP contribution in [0.15, 0.2) is 18.2 Å². The minimum atomic E-state index is -0.708. The second kappa shape index (κ2) is 6.15. The molecule has 0 aromatic heterocycles. The second-order valence-corrected chi connectivity index (χ2v) is 5.22. The lowest BCUT2D eigenvalue weighted by Gasteiger charge is -2.34. The van der Waals surface area contributed by atoms with Gasteiger partial charge in [-0.15, -0.1) is 0 Å². The fourth-order valence-corrected chi connectivity index (χ4v) is 2.36. The maximum atomic E-state index is 13.7. The molecule has 1 aromatic rings. The van der Waals surface area contributed by atoms with Gasteiger partial charge in [-0.2, -0.15) is 0 Å². The first-order valence-electron chi connectivity index (χ1n) is 6.26. The van der Waals surface area contributed by atoms with E-state index >= 15 is 0 Å². The van der Waals surface area contributed by atoms with Gasteiger partial charge in [0.05, 0.1) is 10.6 Å². The van der Waals surface area contributed by atoms with Crippen molar-refractivity contribution in [3.8, 4) is 5.75 Å². The summed E-state index contributed by atoms with van der Waals surface area (Å²) in [6.45, 7) is 2.85. The van der Waals surface area contributed by atoms with Crippen molar-refractivity contribution in [1.82, 2.24) is 9.80 Å². The summed E-state index contributed by atoms with van der Waals surface area (Å²) < 4.78 is 13.7. The number of thiocarbonyl (C=S) groups is 1. The highest BCUT2D eigenvalue weighted by atomic mass is 32.1. The van der Waals surface area contributed by atoms with E-state index in [9.17, 15) is 9.18 Å². The van der Waals surface area contributed by atoms with Crippen molar-refractivity contribution in [2.24, 2.45) is 5.73 Å². The van der Waals surface area contributed by atoms with E-state index in [0.29, 0.717) is 37.7 Å². The number of rotatable bonds is 3. The number of carbonyl (C=O) groups excluding carboxylic acids is 1. The van der Waals surface area contributed by atoms with Crippen molar-refractivity contribution >= 4 is 23.1 Å². The number of phenols is 1. The number of amides is 1. The number of benzene rings is 1. The third-order valence-corrected chi connectivity index (χ3v) is 3.35. The second-order valence-electron chi connectivity index (χ2n) is 4.70. The number of phenolic OH excluding ortho intramolecular Hbond substituents is 1. The topological polar surface area (TPSA) is 69.8 Å². The molecule has 0 aliphatic carbocycles. The third kappa shape index (κ3) is 3.43. The van der Waals surface area contributed by atoms with Crippen LogP contribution in [-0.4, -0.2) is 58.5 Å². The quantitative estimate of drug-likeness (QED) is 0.799. The first-order valence-corrected chi connectivity index (χ1v) is 6.66. The molecule has 0 unspecified atom stereocenters. The smallest absolute Gasteiger partial charge is 0.256 e. The number of piperazine rings is 1. The van der Waals surface area contributed by atoms with Crippen LogP contribution in [0.5, 0.6) is 5.75 Å². The molecular formula is C13H16FN3O2S. The molecule has 1 amide bonds. The molecule has 1 fully saturated rings. The predicted octanol–water partition coefficient (Wildman–Crippen LogP) is 0.575. The Balaban J connectivity index is 1.99. The summed E-state index contributed by atoms with van der Waals surface area (Å²) in [5, 5.41) is 9.15. The van der Waals surface area contributed by atoms with E-state index in [1.54, 1.807) is 4.90 Å². The third-order valence-electron chi connectivity index (χ3n) is 3.22. The van der Waals surface area contributed by atoms with Crippen LogP contribution in [-0.2, 0) is 0 Å². The molecule has 1 saturated heterocycles. The molecule has 1 heterocycles. The average Bonchev–Trinajstić information content (AvgIpc) is 2.38. The highest BCUT2D eigenvalue weighted by molar-refractivity contribution is 7.80. The van der Waals surface area contributed by atoms with Crippen LogP contribution < -0.4 is 5.73 Å². The molecule has 1 aliphatic heterocycles. The Labute approximate surface area is 121 Å². The fraction of sp³-hybridized carbons (Fsp3) is 0.385. The summed E-state index contributed by atoms with van der Waals surface area (Å²) in [7, 11) is 0. The van der Waals surface area contributed by atoms with E-state index < -0.39 is 5.82 Å². The van der Waals surface area contributed by atoms with Crippen LogP contribution in [0.1, 0.15) is 10.4 Å². The van der Waals surface area contributed by atoms with E-state index in [4.69, 9.17) is 23.1 Å². The number of hydrogen-bond donors (Lipinski definition) is 2. The van der Waals surface area contributed by atoms with Gasteiger partial charge in [-0.3, -0.25) is 9.69 Å². The van der Waals surface area contributed by atoms with Gasteiger partial charge in [0.15, 0.2) is 0 Å². The standard InChI is InChI=1S/C13H16FN3O2S/c14-11-7-9(18)1-2-10(11)13(19)17-5-3-16(4-6-17)8-12(15)20/h1-2,7,18H,3-6,8H2,(H2,15,20). The summed E-state index contributed by atoms with van der Waals surface area (Å²) in [5.41, 5.74) is 5.46. The highest BCUT2D eigenvalue weighted by Crippen LogP contribution is 2.17. The van der Waals surface area contributed by atoms with Gasteiger partial charge in [0.25, 0.3) is 5.91 Å². The van der Waals surface area contributed by atoms with Gasteiger partial charge in [0.1, 0.15) is 11.6 Å². The van der Waals surface area contributed by atoms with Crippen molar-refractivity contribution in [2.75, 3.05) is 32.7 Å². The van der Waals surface area contributed by atoms with E-state index in [1.165, 1.54) is 12.1 Å². The number of aromatic hydroxyl groups is 1. The van der Waals surface area contributed by atoms with Gasteiger partial charge in [0, 0.05) is 38.8 Å². The predicted molar refractivity (Wildman–Crippen MR) is 77.2 cm³/mol. The van der Waals surface area contributed by atoms with Gasteiger partial charge >= 0.3 is 0 Å². The minimum Gasteiger partial charge on any atom is -0.508 e. The number of carbonyl (C=O) groups is 1. The number of hydrogen-bond acceptors (Lipinski definition) is 4. The van der Waals surface area contributed by atoms with E-state index in [-0.39, 0.29) is 17.2 Å².